The number of nitrogens with zero attached hydrogens (tertiary/aromatic N) is 4. The fourth-order valence-electron chi connectivity index (χ4n) is 1.69. The second kappa shape index (κ2) is 5.51. The van der Waals surface area contributed by atoms with Gasteiger partial charge in [0.15, 0.2) is 23.1 Å². The molecule has 0 fully saturated rings. The van der Waals surface area contributed by atoms with Gasteiger partial charge in [0.05, 0.1) is 20.4 Å². The molecule has 0 unspecified atom stereocenters. The zero-order chi connectivity index (χ0) is 13.8. The molecule has 0 saturated heterocycles. The molecular weight excluding hydrogens is 244 g/mol. The summed E-state index contributed by atoms with van der Waals surface area (Å²) in [6.45, 7) is 3.71. The Balaban J connectivity index is 2.29. The van der Waals surface area contributed by atoms with Gasteiger partial charge in [-0.05, 0) is 37.6 Å². The van der Waals surface area contributed by atoms with Gasteiger partial charge in [-0.15, -0.1) is 10.2 Å². The zero-order valence-corrected chi connectivity index (χ0v) is 11.4. The Hall–Kier alpha value is -2.37. The third-order valence-corrected chi connectivity index (χ3v) is 2.68. The van der Waals surface area contributed by atoms with Crippen molar-refractivity contribution in [1.82, 2.24) is 14.9 Å². The number of methoxy groups -OCH3 is 2. The lowest BCUT2D eigenvalue weighted by Crippen LogP contribution is -1.97. The predicted octanol–water partition coefficient (Wildman–Crippen LogP) is 1.79. The quantitative estimate of drug-likeness (QED) is 0.786. The standard InChI is InChI=1S/C13H16N4O2/c1-9-15-16-10(2)17(9)14-8-11-5-6-12(18-3)13(7-11)19-4/h5-8H,1-4H3/b14-8-. The number of benzene rings is 1. The molecule has 1 heterocycles. The van der Waals surface area contributed by atoms with E-state index >= 15 is 0 Å². The first-order valence-corrected chi connectivity index (χ1v) is 5.80. The smallest absolute Gasteiger partial charge is 0.161 e. The molecule has 0 aliphatic rings. The van der Waals surface area contributed by atoms with Gasteiger partial charge in [-0.2, -0.15) is 5.10 Å². The van der Waals surface area contributed by atoms with E-state index in [1.165, 1.54) is 0 Å². The van der Waals surface area contributed by atoms with Crippen molar-refractivity contribution in [3.05, 3.63) is 35.4 Å². The monoisotopic (exact) mass is 260 g/mol. The Bertz CT molecular complexity index is 585. The summed E-state index contributed by atoms with van der Waals surface area (Å²) in [5.74, 6) is 2.85. The van der Waals surface area contributed by atoms with E-state index in [4.69, 9.17) is 9.47 Å². The summed E-state index contributed by atoms with van der Waals surface area (Å²) in [6.07, 6.45) is 1.73. The van der Waals surface area contributed by atoms with Crippen LogP contribution in [0.15, 0.2) is 23.3 Å². The summed E-state index contributed by atoms with van der Waals surface area (Å²) in [4.78, 5) is 0. The SMILES string of the molecule is COc1ccc(/C=N\n2c(C)nnc2C)cc1OC. The number of hydrogen-bond donors (Lipinski definition) is 0. The molecule has 0 atom stereocenters. The molecule has 0 amide bonds. The Kier molecular flexibility index (Phi) is 3.79. The minimum atomic E-state index is 0.670. The van der Waals surface area contributed by atoms with Crippen LogP contribution in [-0.4, -0.2) is 35.3 Å². The normalized spacial score (nSPS) is 10.9. The molecule has 0 aliphatic heterocycles. The van der Waals surface area contributed by atoms with Crippen molar-refractivity contribution in [2.75, 3.05) is 14.2 Å². The summed E-state index contributed by atoms with van der Waals surface area (Å²) in [5, 5.41) is 12.2. The molecule has 6 heteroatoms. The summed E-state index contributed by atoms with van der Waals surface area (Å²) in [7, 11) is 3.21. The van der Waals surface area contributed by atoms with Gasteiger partial charge in [-0.1, -0.05) is 0 Å². The lowest BCUT2D eigenvalue weighted by Gasteiger charge is -2.07. The molecule has 6 nitrogen and oxygen atoms in total. The van der Waals surface area contributed by atoms with Crippen molar-refractivity contribution in [3.63, 3.8) is 0 Å². The van der Waals surface area contributed by atoms with Crippen LogP contribution in [0.5, 0.6) is 11.5 Å². The minimum absolute atomic E-state index is 0.670. The van der Waals surface area contributed by atoms with E-state index in [0.29, 0.717) is 11.5 Å². The maximum absolute atomic E-state index is 5.24. The summed E-state index contributed by atoms with van der Waals surface area (Å²) in [6, 6.07) is 5.60. The predicted molar refractivity (Wildman–Crippen MR) is 72.0 cm³/mol. The van der Waals surface area contributed by atoms with E-state index in [9.17, 15) is 0 Å². The summed E-state index contributed by atoms with van der Waals surface area (Å²) < 4.78 is 12.1. The lowest BCUT2D eigenvalue weighted by atomic mass is 10.2. The molecule has 0 N–H and O–H groups in total. The molecule has 0 aliphatic carbocycles. The van der Waals surface area contributed by atoms with E-state index in [1.54, 1.807) is 25.1 Å². The highest BCUT2D eigenvalue weighted by Crippen LogP contribution is 2.26. The van der Waals surface area contributed by atoms with Gasteiger partial charge in [0, 0.05) is 0 Å². The Morgan fingerprint density at radius 2 is 1.68 bits per heavy atom. The van der Waals surface area contributed by atoms with Crippen LogP contribution in [0.25, 0.3) is 0 Å². The molecule has 2 aromatic rings. The van der Waals surface area contributed by atoms with Crippen LogP contribution >= 0.6 is 0 Å². The van der Waals surface area contributed by atoms with E-state index in [2.05, 4.69) is 15.3 Å². The van der Waals surface area contributed by atoms with Crippen LogP contribution in [0, 0.1) is 13.8 Å². The average Bonchev–Trinajstić information content (AvgIpc) is 2.75. The first kappa shape index (κ1) is 13.1. The largest absolute Gasteiger partial charge is 0.493 e. The Morgan fingerprint density at radius 1 is 1.05 bits per heavy atom. The van der Waals surface area contributed by atoms with Crippen LogP contribution in [0.2, 0.25) is 0 Å². The highest BCUT2D eigenvalue weighted by atomic mass is 16.5. The van der Waals surface area contributed by atoms with E-state index in [-0.39, 0.29) is 0 Å². The van der Waals surface area contributed by atoms with Gasteiger partial charge in [0.25, 0.3) is 0 Å². The summed E-state index contributed by atoms with van der Waals surface area (Å²) in [5.41, 5.74) is 0.908. The first-order valence-electron chi connectivity index (χ1n) is 5.80. The van der Waals surface area contributed by atoms with Crippen LogP contribution in [0.1, 0.15) is 17.2 Å². The van der Waals surface area contributed by atoms with Gasteiger partial charge in [0.2, 0.25) is 0 Å². The van der Waals surface area contributed by atoms with E-state index in [0.717, 1.165) is 17.2 Å². The number of hydrogen-bond acceptors (Lipinski definition) is 5. The van der Waals surface area contributed by atoms with Crippen molar-refractivity contribution in [3.8, 4) is 11.5 Å². The molecule has 2 rings (SSSR count). The van der Waals surface area contributed by atoms with Crippen LogP contribution < -0.4 is 9.47 Å². The van der Waals surface area contributed by atoms with Crippen molar-refractivity contribution < 1.29 is 9.47 Å². The molecule has 0 spiro atoms. The minimum Gasteiger partial charge on any atom is -0.493 e. The fourth-order valence-corrected chi connectivity index (χ4v) is 1.69. The van der Waals surface area contributed by atoms with Crippen molar-refractivity contribution in [1.29, 1.82) is 0 Å². The molecule has 100 valence electrons. The van der Waals surface area contributed by atoms with Gasteiger partial charge < -0.3 is 9.47 Å². The first-order chi connectivity index (χ1) is 9.15. The molecule has 0 saturated carbocycles. The van der Waals surface area contributed by atoms with Gasteiger partial charge in [-0.3, -0.25) is 0 Å². The van der Waals surface area contributed by atoms with Crippen LogP contribution in [0.4, 0.5) is 0 Å². The third-order valence-electron chi connectivity index (χ3n) is 2.68. The van der Waals surface area contributed by atoms with Crippen molar-refractivity contribution in [2.24, 2.45) is 5.10 Å². The van der Waals surface area contributed by atoms with Crippen molar-refractivity contribution >= 4 is 6.21 Å². The highest BCUT2D eigenvalue weighted by Gasteiger charge is 2.04. The molecule has 1 aromatic carbocycles. The van der Waals surface area contributed by atoms with Gasteiger partial charge >= 0.3 is 0 Å². The average molecular weight is 260 g/mol. The second-order valence-electron chi connectivity index (χ2n) is 3.97. The van der Waals surface area contributed by atoms with Gasteiger partial charge in [0.1, 0.15) is 0 Å². The maximum atomic E-state index is 5.24. The van der Waals surface area contributed by atoms with Crippen LogP contribution in [-0.2, 0) is 0 Å². The Morgan fingerprint density at radius 3 is 2.26 bits per heavy atom. The van der Waals surface area contributed by atoms with Crippen molar-refractivity contribution in [2.45, 2.75) is 13.8 Å². The molecular formula is C13H16N4O2. The fraction of sp³-hybridized carbons (Fsp3) is 0.308. The molecule has 0 radical (unpaired) electrons. The molecule has 0 bridgehead atoms. The molecule has 19 heavy (non-hydrogen) atoms. The highest BCUT2D eigenvalue weighted by molar-refractivity contribution is 5.80. The number of rotatable bonds is 4. The van der Waals surface area contributed by atoms with E-state index < -0.39 is 0 Å². The summed E-state index contributed by atoms with van der Waals surface area (Å²) >= 11 is 0. The maximum Gasteiger partial charge on any atom is 0.161 e. The number of aromatic nitrogens is 3. The van der Waals surface area contributed by atoms with Crippen LogP contribution in [0.3, 0.4) is 0 Å². The van der Waals surface area contributed by atoms with E-state index in [1.807, 2.05) is 32.0 Å². The number of aryl methyl sites for hydroxylation is 2. The lowest BCUT2D eigenvalue weighted by molar-refractivity contribution is 0.355. The Labute approximate surface area is 111 Å². The topological polar surface area (TPSA) is 61.5 Å². The number of ether oxygens (including phenoxy) is 2. The third kappa shape index (κ3) is 2.73. The molecule has 1 aromatic heterocycles. The van der Waals surface area contributed by atoms with Gasteiger partial charge in [-0.25, -0.2) is 4.68 Å². The zero-order valence-electron chi connectivity index (χ0n) is 11.4. The second-order valence-corrected chi connectivity index (χ2v) is 3.97.